The number of anilines is 2. The van der Waals surface area contributed by atoms with Gasteiger partial charge >= 0.3 is 6.09 Å². The Kier molecular flexibility index (Phi) is 15.4. The van der Waals surface area contributed by atoms with Crippen LogP contribution in [-0.2, 0) is 22.4 Å². The Hall–Kier alpha value is -6.56. The molecule has 0 unspecified atom stereocenters. The number of aliphatic hydroxyl groups is 1. The summed E-state index contributed by atoms with van der Waals surface area (Å²) in [6.07, 6.45) is 4.55. The number of nitrogens with zero attached hydrogens (tertiary/aromatic N) is 2. The lowest BCUT2D eigenvalue weighted by Crippen LogP contribution is -2.40. The molecular formula is C53H58N4O7. The number of phenols is 1. The van der Waals surface area contributed by atoms with Gasteiger partial charge in [-0.15, -0.1) is 0 Å². The molecule has 0 bridgehead atoms. The molecule has 11 heteroatoms. The zero-order valence-electron chi connectivity index (χ0n) is 36.7. The lowest BCUT2D eigenvalue weighted by molar-refractivity contribution is -0.118. The van der Waals surface area contributed by atoms with Crippen molar-refractivity contribution in [3.63, 3.8) is 0 Å². The van der Waals surface area contributed by atoms with Gasteiger partial charge in [0.1, 0.15) is 11.9 Å². The number of rotatable bonds is 18. The Bertz CT molecular complexity index is 2570. The van der Waals surface area contributed by atoms with Crippen LogP contribution in [0.3, 0.4) is 0 Å². The molecule has 64 heavy (non-hydrogen) atoms. The molecule has 0 saturated carbocycles. The number of Topliss-reactive ketones (excluding diaryl/α,β-unsaturated/α-hetero) is 1. The van der Waals surface area contributed by atoms with Crippen molar-refractivity contribution in [1.29, 1.82) is 0 Å². The average molecular weight is 863 g/mol. The van der Waals surface area contributed by atoms with Crippen LogP contribution < -0.4 is 15.8 Å². The maximum absolute atomic E-state index is 13.2. The highest BCUT2D eigenvalue weighted by atomic mass is 16.6. The number of para-hydroxylation sites is 1. The number of hydrogen-bond acceptors (Lipinski definition) is 8. The number of nitrogens with one attached hydrogen (secondary N) is 2. The topological polar surface area (TPSA) is 152 Å². The largest absolute Gasteiger partial charge is 0.506 e. The fourth-order valence-corrected chi connectivity index (χ4v) is 8.53. The number of phenolic OH excluding ortho intramolecular Hbond substituents is 1. The summed E-state index contributed by atoms with van der Waals surface area (Å²) < 4.78 is 5.78. The fraction of sp³-hybridized carbons (Fsp3) is 0.321. The van der Waals surface area contributed by atoms with Gasteiger partial charge in [0.15, 0.2) is 5.78 Å². The summed E-state index contributed by atoms with van der Waals surface area (Å²) in [4.78, 5) is 57.3. The Morgan fingerprint density at radius 2 is 1.53 bits per heavy atom. The van der Waals surface area contributed by atoms with Crippen molar-refractivity contribution in [3.8, 4) is 16.9 Å². The molecule has 4 N–H and O–H groups in total. The van der Waals surface area contributed by atoms with Crippen LogP contribution in [0.15, 0.2) is 132 Å². The van der Waals surface area contributed by atoms with E-state index in [4.69, 9.17) is 4.74 Å². The molecule has 0 spiro atoms. The van der Waals surface area contributed by atoms with Crippen molar-refractivity contribution in [2.75, 3.05) is 36.9 Å². The van der Waals surface area contributed by atoms with Crippen LogP contribution >= 0.6 is 0 Å². The van der Waals surface area contributed by atoms with Gasteiger partial charge < -0.3 is 29.7 Å². The average Bonchev–Trinajstić information content (AvgIpc) is 3.31. The van der Waals surface area contributed by atoms with E-state index in [2.05, 4.69) is 46.4 Å². The minimum Gasteiger partial charge on any atom is -0.506 e. The van der Waals surface area contributed by atoms with E-state index in [1.54, 1.807) is 36.2 Å². The van der Waals surface area contributed by atoms with Gasteiger partial charge in [0.25, 0.3) is 0 Å². The van der Waals surface area contributed by atoms with Crippen LogP contribution in [0.4, 0.5) is 16.2 Å². The van der Waals surface area contributed by atoms with E-state index in [0.717, 1.165) is 55.6 Å². The second-order valence-corrected chi connectivity index (χ2v) is 17.0. The van der Waals surface area contributed by atoms with Gasteiger partial charge in [0.2, 0.25) is 11.5 Å². The standard InChI is InChI=1S/C53H58N4O7/c1-36(15-26-48(59)44-24-27-49(60)52-45(44)25-28-50(61)55-52)35-38-18-16-37(17-19-38)9-8-14-47(58)40-20-22-41(23-21-40)56(2)51(62)31-34-57-32-29-42(30-33-57)64-53(63)54-46-13-7-6-12-43(46)39-10-4-3-5-11-39/h3-7,10-13,16-25,27-28,36,42,48,59-60H,8-9,14-15,26,29-35H2,1-2H3,(H,54,63)(H,55,61)/t36-,48-/m0/s1. The first-order valence-electron chi connectivity index (χ1n) is 22.4. The van der Waals surface area contributed by atoms with E-state index in [1.165, 1.54) is 23.3 Å². The minimum atomic E-state index is -0.719. The maximum Gasteiger partial charge on any atom is 0.411 e. The molecule has 2 atom stereocenters. The molecule has 1 saturated heterocycles. The van der Waals surface area contributed by atoms with Crippen LogP contribution in [0.2, 0.25) is 0 Å². The van der Waals surface area contributed by atoms with Gasteiger partial charge in [-0.2, -0.15) is 0 Å². The zero-order chi connectivity index (χ0) is 45.0. The van der Waals surface area contributed by atoms with E-state index in [9.17, 15) is 29.4 Å². The number of pyridine rings is 1. The number of benzene rings is 5. The number of H-pyrrole nitrogens is 1. The number of amides is 2. The van der Waals surface area contributed by atoms with Crippen molar-refractivity contribution in [3.05, 3.63) is 160 Å². The van der Waals surface area contributed by atoms with Crippen molar-refractivity contribution >= 4 is 40.1 Å². The monoisotopic (exact) mass is 862 g/mol. The normalized spacial score (nSPS) is 14.2. The summed E-state index contributed by atoms with van der Waals surface area (Å²) in [7, 11) is 1.76. The lowest BCUT2D eigenvalue weighted by atomic mass is 9.92. The first-order chi connectivity index (χ1) is 31.0. The molecular weight excluding hydrogens is 805 g/mol. The molecule has 0 radical (unpaired) electrons. The minimum absolute atomic E-state index is 0.00647. The predicted molar refractivity (Wildman–Crippen MR) is 253 cm³/mol. The second-order valence-electron chi connectivity index (χ2n) is 17.0. The van der Waals surface area contributed by atoms with Gasteiger partial charge in [-0.3, -0.25) is 19.7 Å². The number of likely N-dealkylation sites (tertiary alicyclic amines) is 1. The second kappa shape index (κ2) is 21.7. The molecule has 1 aromatic heterocycles. The quantitative estimate of drug-likeness (QED) is 0.0624. The van der Waals surface area contributed by atoms with Gasteiger partial charge in [-0.25, -0.2) is 4.79 Å². The Balaban J connectivity index is 0.776. The molecule has 2 amide bonds. The van der Waals surface area contributed by atoms with Crippen LogP contribution in [0.5, 0.6) is 5.75 Å². The van der Waals surface area contributed by atoms with E-state index < -0.39 is 12.2 Å². The highest BCUT2D eigenvalue weighted by molar-refractivity contribution is 5.98. The number of ketones is 1. The van der Waals surface area contributed by atoms with Crippen LogP contribution in [0.1, 0.15) is 85.0 Å². The van der Waals surface area contributed by atoms with Crippen LogP contribution in [0.25, 0.3) is 22.0 Å². The molecule has 11 nitrogen and oxygen atoms in total. The summed E-state index contributed by atoms with van der Waals surface area (Å²) >= 11 is 0. The molecule has 0 aliphatic carbocycles. The number of aliphatic hydroxyl groups excluding tert-OH is 1. The van der Waals surface area contributed by atoms with Crippen molar-refractivity contribution in [2.45, 2.75) is 76.9 Å². The fourth-order valence-electron chi connectivity index (χ4n) is 8.53. The lowest BCUT2D eigenvalue weighted by Gasteiger charge is -2.31. The Labute approximate surface area is 374 Å². The molecule has 1 aliphatic rings. The number of carbonyl (C=O) groups excluding carboxylic acids is 3. The van der Waals surface area contributed by atoms with E-state index in [1.807, 2.05) is 66.7 Å². The molecule has 6 aromatic rings. The summed E-state index contributed by atoms with van der Waals surface area (Å²) in [5.74, 6) is 0.379. The molecule has 2 heterocycles. The van der Waals surface area contributed by atoms with E-state index in [0.29, 0.717) is 72.3 Å². The number of aromatic nitrogens is 1. The van der Waals surface area contributed by atoms with Gasteiger partial charge in [0.05, 0.1) is 17.3 Å². The third kappa shape index (κ3) is 12.1. The number of aryl methyl sites for hydroxylation is 1. The van der Waals surface area contributed by atoms with Gasteiger partial charge in [0, 0.05) is 67.8 Å². The highest BCUT2D eigenvalue weighted by Gasteiger charge is 2.24. The summed E-state index contributed by atoms with van der Waals surface area (Å²) in [5, 5.41) is 24.7. The molecule has 5 aromatic carbocycles. The summed E-state index contributed by atoms with van der Waals surface area (Å²) in [6.45, 7) is 4.25. The van der Waals surface area contributed by atoms with Gasteiger partial charge in [-0.05, 0) is 116 Å². The number of ether oxygens (including phenoxy) is 1. The van der Waals surface area contributed by atoms with Gasteiger partial charge in [-0.1, -0.05) is 85.8 Å². The highest BCUT2D eigenvalue weighted by Crippen LogP contribution is 2.32. The number of hydrogen-bond donors (Lipinski definition) is 4. The molecule has 332 valence electrons. The maximum atomic E-state index is 13.2. The van der Waals surface area contributed by atoms with Crippen molar-refractivity contribution in [2.24, 2.45) is 5.92 Å². The Morgan fingerprint density at radius 3 is 2.28 bits per heavy atom. The summed E-state index contributed by atoms with van der Waals surface area (Å²) in [6, 6.07) is 39.6. The third-order valence-corrected chi connectivity index (χ3v) is 12.3. The van der Waals surface area contributed by atoms with E-state index in [-0.39, 0.29) is 29.1 Å². The SMILES string of the molecule is C[C@@H](CC[C@H](O)c1ccc(O)c2[nH]c(=O)ccc12)Cc1ccc(CCCC(=O)c2ccc(N(C)C(=O)CCN3CCC(OC(=O)Nc4ccccc4-c4ccccc4)CC3)cc2)cc1. The Morgan fingerprint density at radius 1 is 0.828 bits per heavy atom. The smallest absolute Gasteiger partial charge is 0.411 e. The number of carbonyl (C=O) groups is 3. The first-order valence-corrected chi connectivity index (χ1v) is 22.4. The molecule has 7 rings (SSSR count). The summed E-state index contributed by atoms with van der Waals surface area (Å²) in [5.41, 5.74) is 7.13. The van der Waals surface area contributed by atoms with Crippen molar-refractivity contribution in [1.82, 2.24) is 9.88 Å². The van der Waals surface area contributed by atoms with Crippen LogP contribution in [0, 0.1) is 5.92 Å². The van der Waals surface area contributed by atoms with Crippen molar-refractivity contribution < 1.29 is 29.3 Å². The van der Waals surface area contributed by atoms with E-state index >= 15 is 0 Å². The molecule has 1 aliphatic heterocycles. The predicted octanol–water partition coefficient (Wildman–Crippen LogP) is 9.86. The number of aromatic hydroxyl groups is 1. The first kappa shape index (κ1) is 45.5. The van der Waals surface area contributed by atoms with Crippen LogP contribution in [-0.4, -0.2) is 70.7 Å². The number of piperidine rings is 1. The molecule has 1 fully saturated rings. The number of aromatic amines is 1. The third-order valence-electron chi connectivity index (χ3n) is 12.3. The zero-order valence-corrected chi connectivity index (χ0v) is 36.7. The number of fused-ring (bicyclic) bond motifs is 1.